The monoisotopic (exact) mass is 935 g/mol. The lowest BCUT2D eigenvalue weighted by Crippen LogP contribution is -2.68. The third kappa shape index (κ3) is 11.8. The lowest BCUT2D eigenvalue weighted by molar-refractivity contribution is -0.319. The minimum Gasteiger partial charge on any atom is -0.504 e. The quantitative estimate of drug-likeness (QED) is 0.0647. The molecule has 65 heavy (non-hydrogen) atoms. The predicted molar refractivity (Wildman–Crippen MR) is 213 cm³/mol. The molecule has 14 N–H and O–H groups in total. The van der Waals surface area contributed by atoms with Crippen LogP contribution in [0.15, 0.2) is 18.2 Å². The van der Waals surface area contributed by atoms with Crippen LogP contribution in [0.4, 0.5) is 0 Å². The highest BCUT2D eigenvalue weighted by molar-refractivity contribution is 5.81. The number of carbonyl (C=O) groups excluding carboxylic acids is 3. The van der Waals surface area contributed by atoms with E-state index in [0.29, 0.717) is 5.56 Å². The molecule has 368 valence electrons. The zero-order valence-electron chi connectivity index (χ0n) is 35.9. The molecule has 20 atom stereocenters. The normalized spacial score (nSPS) is 39.8. The predicted octanol–water partition coefficient (Wildman–Crippen LogP) is -5.96. The number of methoxy groups -OCH3 is 2. The molecule has 3 amide bonds. The number of carboxylic acid groups (broad SMARTS) is 1. The Hall–Kier alpha value is -3.90. The first kappa shape index (κ1) is 52.1. The minimum absolute atomic E-state index is 0.0137. The summed E-state index contributed by atoms with van der Waals surface area (Å²) in [6, 6.07) is 1.46. The maximum atomic E-state index is 13.5. The standard InChI is InChI=1S/C40H61N3O22/c1-14(46)42-25-17(27(50)23(12-44)63-39(25)60-4)10-22-30(53)32(55)34(36(62-22)38(57)58)65-40-26(43-15(2)47)18(28(51)24(13-45)64-40)11-21-29(52)31(54)33(59-3)35(61-21)37(56)41-8-7-16-5-6-19(48)20(49)9-16/h5-6,9,17-18,21-36,39-40,44-45,48-55H,7-8,10-13H2,1-4H3,(H,41,56)(H,42,46)(H,43,47)(H,57,58). The molecule has 0 aromatic heterocycles. The molecule has 4 saturated heterocycles. The van der Waals surface area contributed by atoms with Gasteiger partial charge in [-0.05, 0) is 37.0 Å². The van der Waals surface area contributed by atoms with Crippen molar-refractivity contribution in [1.82, 2.24) is 16.0 Å². The molecule has 0 radical (unpaired) electrons. The number of aliphatic hydroxyl groups excluding tert-OH is 8. The number of ether oxygens (including phenoxy) is 7. The molecular formula is C40H61N3O22. The smallest absolute Gasteiger partial charge is 0.335 e. The van der Waals surface area contributed by atoms with Crippen molar-refractivity contribution < 1.29 is 109 Å². The molecule has 0 aliphatic carbocycles. The Morgan fingerprint density at radius 2 is 1.14 bits per heavy atom. The fraction of sp³-hybridized carbons (Fsp3) is 0.750. The van der Waals surface area contributed by atoms with E-state index in [0.717, 1.165) is 6.92 Å². The van der Waals surface area contributed by atoms with E-state index in [4.69, 9.17) is 33.2 Å². The fourth-order valence-electron chi connectivity index (χ4n) is 9.01. The van der Waals surface area contributed by atoms with Gasteiger partial charge < -0.3 is 105 Å². The SMILES string of the molecule is COC1OC(CO)C(O)C(CC2OC(C(=O)O)C(OC3OC(CO)C(O)C(CC4OC(C(=O)NCCc5ccc(O)c(O)c5)C(OC)C(O)C4O)C3NC(C)=O)C(O)C2O)C1NC(C)=O. The maximum absolute atomic E-state index is 13.5. The van der Waals surface area contributed by atoms with Crippen molar-refractivity contribution in [2.24, 2.45) is 11.8 Å². The van der Waals surface area contributed by atoms with Gasteiger partial charge in [0, 0.05) is 46.4 Å². The van der Waals surface area contributed by atoms with Gasteiger partial charge in [0.15, 0.2) is 36.3 Å². The molecule has 4 aliphatic heterocycles. The van der Waals surface area contributed by atoms with E-state index in [-0.39, 0.29) is 24.5 Å². The second-order valence-electron chi connectivity index (χ2n) is 16.6. The molecule has 4 aliphatic rings. The Bertz CT molecular complexity index is 1780. The molecule has 4 fully saturated rings. The van der Waals surface area contributed by atoms with Crippen LogP contribution in [-0.2, 0) is 58.8 Å². The average molecular weight is 936 g/mol. The summed E-state index contributed by atoms with van der Waals surface area (Å²) in [7, 11) is 2.41. The van der Waals surface area contributed by atoms with Crippen LogP contribution < -0.4 is 16.0 Å². The zero-order valence-corrected chi connectivity index (χ0v) is 35.9. The lowest BCUT2D eigenvalue weighted by Gasteiger charge is -2.50. The molecule has 1 aromatic rings. The van der Waals surface area contributed by atoms with Crippen LogP contribution in [0.2, 0.25) is 0 Å². The van der Waals surface area contributed by atoms with Gasteiger partial charge in [0.1, 0.15) is 48.8 Å². The molecule has 25 nitrogen and oxygen atoms in total. The second kappa shape index (κ2) is 22.7. The van der Waals surface area contributed by atoms with Crippen molar-refractivity contribution in [2.75, 3.05) is 34.0 Å². The van der Waals surface area contributed by atoms with Crippen molar-refractivity contribution in [2.45, 2.75) is 143 Å². The summed E-state index contributed by atoms with van der Waals surface area (Å²) >= 11 is 0. The van der Waals surface area contributed by atoms with Gasteiger partial charge in [-0.3, -0.25) is 14.4 Å². The Morgan fingerprint density at radius 1 is 0.631 bits per heavy atom. The number of amides is 3. The van der Waals surface area contributed by atoms with E-state index in [1.54, 1.807) is 0 Å². The van der Waals surface area contributed by atoms with Crippen molar-refractivity contribution in [3.8, 4) is 11.5 Å². The van der Waals surface area contributed by atoms with Gasteiger partial charge in [-0.15, -0.1) is 0 Å². The molecule has 1 aromatic carbocycles. The topological polar surface area (TPSA) is 392 Å². The van der Waals surface area contributed by atoms with Crippen molar-refractivity contribution in [1.29, 1.82) is 0 Å². The van der Waals surface area contributed by atoms with Crippen LogP contribution >= 0.6 is 0 Å². The van der Waals surface area contributed by atoms with Gasteiger partial charge in [-0.1, -0.05) is 6.07 Å². The summed E-state index contributed by atoms with van der Waals surface area (Å²) in [4.78, 5) is 51.1. The molecule has 25 heteroatoms. The van der Waals surface area contributed by atoms with Crippen LogP contribution in [0.1, 0.15) is 32.3 Å². The van der Waals surface area contributed by atoms with E-state index in [1.165, 1.54) is 39.3 Å². The summed E-state index contributed by atoms with van der Waals surface area (Å²) in [6.07, 6.45) is -27.6. The van der Waals surface area contributed by atoms with Gasteiger partial charge in [0.05, 0.1) is 49.7 Å². The average Bonchev–Trinajstić information content (AvgIpc) is 3.25. The molecule has 0 saturated carbocycles. The molecule has 0 spiro atoms. The molecule has 4 heterocycles. The maximum Gasteiger partial charge on any atom is 0.335 e. The molecule has 0 bridgehead atoms. The number of aliphatic carboxylic acids is 1. The number of hydrogen-bond donors (Lipinski definition) is 14. The van der Waals surface area contributed by atoms with Crippen molar-refractivity contribution in [3.63, 3.8) is 0 Å². The number of hydrogen-bond acceptors (Lipinski definition) is 21. The molecule has 20 unspecified atom stereocenters. The highest BCUT2D eigenvalue weighted by Gasteiger charge is 2.57. The third-order valence-electron chi connectivity index (χ3n) is 12.3. The van der Waals surface area contributed by atoms with E-state index in [2.05, 4.69) is 16.0 Å². The number of benzene rings is 1. The summed E-state index contributed by atoms with van der Waals surface area (Å²) < 4.78 is 39.9. The zero-order chi connectivity index (χ0) is 48.0. The summed E-state index contributed by atoms with van der Waals surface area (Å²) in [5.41, 5.74) is 0.551. The van der Waals surface area contributed by atoms with Crippen molar-refractivity contribution >= 4 is 23.7 Å². The molecule has 5 rings (SSSR count). The Kier molecular flexibility index (Phi) is 18.2. The summed E-state index contributed by atoms with van der Waals surface area (Å²) in [5, 5.41) is 126. The van der Waals surface area contributed by atoms with Gasteiger partial charge in [-0.25, -0.2) is 4.79 Å². The van der Waals surface area contributed by atoms with Gasteiger partial charge in [0.25, 0.3) is 5.91 Å². The second-order valence-corrected chi connectivity index (χ2v) is 16.6. The Labute approximate surface area is 372 Å². The van der Waals surface area contributed by atoms with E-state index in [1.807, 2.05) is 0 Å². The lowest BCUT2D eigenvalue weighted by atomic mass is 9.79. The Morgan fingerprint density at radius 3 is 1.62 bits per heavy atom. The first-order valence-electron chi connectivity index (χ1n) is 20.9. The molecular weight excluding hydrogens is 874 g/mol. The number of phenols is 2. The largest absolute Gasteiger partial charge is 0.504 e. The number of aromatic hydroxyl groups is 2. The van der Waals surface area contributed by atoms with Crippen molar-refractivity contribution in [3.05, 3.63) is 23.8 Å². The summed E-state index contributed by atoms with van der Waals surface area (Å²) in [6.45, 7) is 0.659. The van der Waals surface area contributed by atoms with E-state index < -0.39 is 172 Å². The van der Waals surface area contributed by atoms with Crippen LogP contribution in [0, 0.1) is 11.8 Å². The van der Waals surface area contributed by atoms with Crippen LogP contribution in [0.25, 0.3) is 0 Å². The first-order chi connectivity index (χ1) is 30.8. The minimum atomic E-state index is -2.11. The number of aliphatic hydroxyl groups is 8. The highest BCUT2D eigenvalue weighted by Crippen LogP contribution is 2.39. The number of carbonyl (C=O) groups is 4. The van der Waals surface area contributed by atoms with Gasteiger partial charge >= 0.3 is 5.97 Å². The van der Waals surface area contributed by atoms with Gasteiger partial charge in [0.2, 0.25) is 11.8 Å². The van der Waals surface area contributed by atoms with E-state index in [9.17, 15) is 75.3 Å². The van der Waals surface area contributed by atoms with Crippen LogP contribution in [0.3, 0.4) is 0 Å². The number of nitrogens with one attached hydrogen (secondary N) is 3. The summed E-state index contributed by atoms with van der Waals surface area (Å²) in [5.74, 6) is -6.99. The highest BCUT2D eigenvalue weighted by atomic mass is 16.7. The van der Waals surface area contributed by atoms with Crippen LogP contribution in [-0.4, -0.2) is 224 Å². The van der Waals surface area contributed by atoms with Crippen LogP contribution in [0.5, 0.6) is 11.5 Å². The number of rotatable bonds is 17. The van der Waals surface area contributed by atoms with E-state index >= 15 is 0 Å². The fourth-order valence-corrected chi connectivity index (χ4v) is 9.01. The number of phenolic OH excluding ortho intramolecular Hbond substituents is 2. The first-order valence-corrected chi connectivity index (χ1v) is 20.9. The third-order valence-corrected chi connectivity index (χ3v) is 12.3. The van der Waals surface area contributed by atoms with Gasteiger partial charge in [-0.2, -0.15) is 0 Å². The number of carboxylic acids is 1. The Balaban J connectivity index is 1.37.